The monoisotopic (exact) mass is 506 g/mol. The molecular formula is C27H30N4O6. The maximum Gasteiger partial charge on any atom is 0.295 e. The first-order chi connectivity index (χ1) is 17.9. The second-order valence-corrected chi connectivity index (χ2v) is 9.04. The van der Waals surface area contributed by atoms with Crippen LogP contribution in [0.3, 0.4) is 0 Å². The number of aromatic nitrogens is 2. The van der Waals surface area contributed by atoms with Gasteiger partial charge >= 0.3 is 0 Å². The minimum absolute atomic E-state index is 0.0213. The van der Waals surface area contributed by atoms with E-state index in [0.717, 1.165) is 13.1 Å². The average Bonchev–Trinajstić information content (AvgIpc) is 3.39. The van der Waals surface area contributed by atoms with Crippen molar-refractivity contribution in [3.05, 3.63) is 65.1 Å². The maximum absolute atomic E-state index is 13.5. The molecule has 10 nitrogen and oxygen atoms in total. The standard InChI is InChI=1S/C27H30N4O6/c1-17-23(30-9-5-4-6-21(30)28-17)25(32)22-24(18-7-8-19(35-2)20(16-18)36-3)31(27(34)26(22)33)11-10-29-12-14-37-15-13-29/h4-9,16,24,32H,10-15H2,1-3H3/t24-/m1/s1. The molecule has 2 aromatic heterocycles. The van der Waals surface area contributed by atoms with Crippen LogP contribution in [0.15, 0.2) is 48.2 Å². The summed E-state index contributed by atoms with van der Waals surface area (Å²) in [6.07, 6.45) is 1.77. The molecule has 1 amide bonds. The number of aliphatic hydroxyl groups is 1. The Labute approximate surface area is 214 Å². The number of likely N-dealkylation sites (tertiary alicyclic amines) is 1. The Bertz CT molecular complexity index is 1370. The van der Waals surface area contributed by atoms with E-state index in [-0.39, 0.29) is 11.3 Å². The summed E-state index contributed by atoms with van der Waals surface area (Å²) in [6.45, 7) is 5.43. The number of pyridine rings is 1. The number of imidazole rings is 1. The number of amides is 1. The minimum atomic E-state index is -0.811. The summed E-state index contributed by atoms with van der Waals surface area (Å²) in [5, 5.41) is 11.6. The number of carbonyl (C=O) groups excluding carboxylic acids is 2. The number of fused-ring (bicyclic) bond motifs is 1. The zero-order valence-corrected chi connectivity index (χ0v) is 21.1. The van der Waals surface area contributed by atoms with E-state index in [1.54, 1.807) is 42.8 Å². The number of aryl methyl sites for hydroxylation is 1. The summed E-state index contributed by atoms with van der Waals surface area (Å²) in [5.74, 6) is -0.660. The fourth-order valence-corrected chi connectivity index (χ4v) is 5.08. The molecule has 3 aromatic rings. The summed E-state index contributed by atoms with van der Waals surface area (Å²) in [5.41, 5.74) is 2.21. The van der Waals surface area contributed by atoms with Crippen molar-refractivity contribution < 1.29 is 28.9 Å². The molecule has 2 saturated heterocycles. The molecule has 1 N–H and O–H groups in total. The molecule has 5 rings (SSSR count). The summed E-state index contributed by atoms with van der Waals surface area (Å²) < 4.78 is 18.0. The van der Waals surface area contributed by atoms with Crippen molar-refractivity contribution in [3.8, 4) is 11.5 Å². The molecule has 2 aliphatic heterocycles. The van der Waals surface area contributed by atoms with Crippen LogP contribution in [0.1, 0.15) is 23.0 Å². The third-order valence-electron chi connectivity index (χ3n) is 6.95. The lowest BCUT2D eigenvalue weighted by atomic mass is 9.96. The molecule has 194 valence electrons. The van der Waals surface area contributed by atoms with E-state index in [9.17, 15) is 14.7 Å². The van der Waals surface area contributed by atoms with E-state index in [1.807, 2.05) is 18.2 Å². The molecule has 0 saturated carbocycles. The lowest BCUT2D eigenvalue weighted by Gasteiger charge is -2.31. The molecule has 37 heavy (non-hydrogen) atoms. The molecule has 0 aliphatic carbocycles. The highest BCUT2D eigenvalue weighted by atomic mass is 16.5. The summed E-state index contributed by atoms with van der Waals surface area (Å²) in [7, 11) is 3.07. The van der Waals surface area contributed by atoms with E-state index in [4.69, 9.17) is 14.2 Å². The summed E-state index contributed by atoms with van der Waals surface area (Å²) in [6, 6.07) is 9.93. The van der Waals surface area contributed by atoms with Crippen molar-refractivity contribution in [1.29, 1.82) is 0 Å². The van der Waals surface area contributed by atoms with Crippen LogP contribution in [-0.2, 0) is 14.3 Å². The Kier molecular flexibility index (Phi) is 6.86. The SMILES string of the molecule is COc1ccc([C@@H]2C(=C(O)c3c(C)nc4ccccn34)C(=O)C(=O)N2CCN2CCOCC2)cc1OC. The zero-order valence-electron chi connectivity index (χ0n) is 21.1. The van der Waals surface area contributed by atoms with E-state index in [1.165, 1.54) is 12.0 Å². The molecule has 0 spiro atoms. The highest BCUT2D eigenvalue weighted by Crippen LogP contribution is 2.42. The normalized spacial score (nSPS) is 20.1. The van der Waals surface area contributed by atoms with E-state index in [0.29, 0.717) is 60.4 Å². The molecule has 1 atom stereocenters. The first-order valence-corrected chi connectivity index (χ1v) is 12.2. The van der Waals surface area contributed by atoms with Crippen LogP contribution in [0.2, 0.25) is 0 Å². The van der Waals surface area contributed by atoms with Crippen LogP contribution >= 0.6 is 0 Å². The number of methoxy groups -OCH3 is 2. The van der Waals surface area contributed by atoms with Gasteiger partial charge in [-0.05, 0) is 36.8 Å². The van der Waals surface area contributed by atoms with Gasteiger partial charge < -0.3 is 24.2 Å². The third-order valence-corrected chi connectivity index (χ3v) is 6.95. The smallest absolute Gasteiger partial charge is 0.295 e. The van der Waals surface area contributed by atoms with Gasteiger partial charge in [-0.1, -0.05) is 12.1 Å². The number of ether oxygens (including phenoxy) is 3. The molecule has 4 heterocycles. The van der Waals surface area contributed by atoms with Crippen LogP contribution in [0, 0.1) is 6.92 Å². The van der Waals surface area contributed by atoms with E-state index < -0.39 is 17.7 Å². The maximum atomic E-state index is 13.5. The van der Waals surface area contributed by atoms with Crippen molar-refractivity contribution in [1.82, 2.24) is 19.2 Å². The van der Waals surface area contributed by atoms with Gasteiger partial charge in [-0.15, -0.1) is 0 Å². The third kappa shape index (κ3) is 4.42. The van der Waals surface area contributed by atoms with Crippen LogP contribution in [0.25, 0.3) is 11.4 Å². The predicted molar refractivity (Wildman–Crippen MR) is 136 cm³/mol. The van der Waals surface area contributed by atoms with Gasteiger partial charge in [0.05, 0.1) is 44.7 Å². The van der Waals surface area contributed by atoms with Crippen LogP contribution in [0.5, 0.6) is 11.5 Å². The molecule has 0 radical (unpaired) electrons. The average molecular weight is 507 g/mol. The van der Waals surface area contributed by atoms with Crippen molar-refractivity contribution in [2.24, 2.45) is 0 Å². The lowest BCUT2D eigenvalue weighted by molar-refractivity contribution is -0.140. The quantitative estimate of drug-likeness (QED) is 0.296. The fraction of sp³-hybridized carbons (Fsp3) is 0.370. The van der Waals surface area contributed by atoms with Crippen LogP contribution in [0.4, 0.5) is 0 Å². The highest BCUT2D eigenvalue weighted by Gasteiger charge is 2.46. The zero-order chi connectivity index (χ0) is 26.1. The minimum Gasteiger partial charge on any atom is -0.505 e. The van der Waals surface area contributed by atoms with Gasteiger partial charge in [-0.2, -0.15) is 0 Å². The van der Waals surface area contributed by atoms with Gasteiger partial charge in [0.1, 0.15) is 11.3 Å². The molecule has 0 bridgehead atoms. The number of hydrogen-bond donors (Lipinski definition) is 1. The van der Waals surface area contributed by atoms with Crippen molar-refractivity contribution in [2.45, 2.75) is 13.0 Å². The van der Waals surface area contributed by atoms with Gasteiger partial charge in [-0.3, -0.25) is 18.9 Å². The fourth-order valence-electron chi connectivity index (χ4n) is 5.08. The molecule has 2 fully saturated rings. The number of morpholine rings is 1. The molecular weight excluding hydrogens is 476 g/mol. The van der Waals surface area contributed by atoms with Crippen LogP contribution < -0.4 is 9.47 Å². The largest absolute Gasteiger partial charge is 0.505 e. The van der Waals surface area contributed by atoms with Crippen molar-refractivity contribution in [3.63, 3.8) is 0 Å². The van der Waals surface area contributed by atoms with Gasteiger partial charge in [0.25, 0.3) is 11.7 Å². The second kappa shape index (κ2) is 10.2. The van der Waals surface area contributed by atoms with Gasteiger partial charge in [0.2, 0.25) is 0 Å². The van der Waals surface area contributed by atoms with E-state index in [2.05, 4.69) is 9.88 Å². The molecule has 1 aromatic carbocycles. The van der Waals surface area contributed by atoms with Gasteiger partial charge in [0.15, 0.2) is 17.3 Å². The van der Waals surface area contributed by atoms with E-state index >= 15 is 0 Å². The first kappa shape index (κ1) is 24.8. The Hall–Kier alpha value is -3.89. The Morgan fingerprint density at radius 1 is 1.08 bits per heavy atom. The number of ketones is 1. The second-order valence-electron chi connectivity index (χ2n) is 9.04. The molecule has 2 aliphatic rings. The Balaban J connectivity index is 1.64. The summed E-state index contributed by atoms with van der Waals surface area (Å²) >= 11 is 0. The highest BCUT2D eigenvalue weighted by molar-refractivity contribution is 6.46. The number of carbonyl (C=O) groups is 2. The first-order valence-electron chi connectivity index (χ1n) is 12.2. The Morgan fingerprint density at radius 3 is 2.57 bits per heavy atom. The van der Waals surface area contributed by atoms with Crippen molar-refractivity contribution in [2.75, 3.05) is 53.6 Å². The predicted octanol–water partition coefficient (Wildman–Crippen LogP) is 2.41. The van der Waals surface area contributed by atoms with Gasteiger partial charge in [-0.25, -0.2) is 4.98 Å². The topological polar surface area (TPSA) is 106 Å². The summed E-state index contributed by atoms with van der Waals surface area (Å²) in [4.78, 5) is 35.1. The number of aliphatic hydroxyl groups excluding tert-OH is 1. The van der Waals surface area contributed by atoms with Gasteiger partial charge in [0, 0.05) is 32.4 Å². The Morgan fingerprint density at radius 2 is 1.84 bits per heavy atom. The number of nitrogens with zero attached hydrogens (tertiary/aromatic N) is 4. The molecule has 10 heteroatoms. The number of Topliss-reactive ketones (excluding diaryl/α,β-unsaturated/α-hetero) is 1. The number of benzene rings is 1. The lowest BCUT2D eigenvalue weighted by Crippen LogP contribution is -2.42. The van der Waals surface area contributed by atoms with Crippen LogP contribution in [-0.4, -0.2) is 89.6 Å². The number of rotatable bonds is 7. The number of hydrogen-bond acceptors (Lipinski definition) is 8. The van der Waals surface area contributed by atoms with Crippen molar-refractivity contribution >= 4 is 23.1 Å². The molecule has 0 unspecified atom stereocenters.